The Morgan fingerprint density at radius 1 is 1.20 bits per heavy atom. The quantitative estimate of drug-likeness (QED) is 0.596. The van der Waals surface area contributed by atoms with Gasteiger partial charge in [-0.1, -0.05) is 0 Å². The smallest absolute Gasteiger partial charge is 0.0483 e. The Morgan fingerprint density at radius 3 is 1.60 bits per heavy atom. The van der Waals surface area contributed by atoms with Crippen LogP contribution in [-0.2, 0) is 4.74 Å². The van der Waals surface area contributed by atoms with Crippen molar-refractivity contribution in [2.75, 3.05) is 13.2 Å². The zero-order valence-electron chi connectivity index (χ0n) is 6.67. The highest BCUT2D eigenvalue weighted by Crippen LogP contribution is 1.98. The third kappa shape index (κ3) is 15.7. The predicted molar refractivity (Wildman–Crippen MR) is 44.7 cm³/mol. The van der Waals surface area contributed by atoms with Crippen LogP contribution in [0.3, 0.4) is 0 Å². The molecule has 1 aliphatic rings. The van der Waals surface area contributed by atoms with Gasteiger partial charge in [0.15, 0.2) is 0 Å². The van der Waals surface area contributed by atoms with E-state index >= 15 is 0 Å². The van der Waals surface area contributed by atoms with Crippen molar-refractivity contribution < 1.29 is 9.84 Å². The molecule has 0 amide bonds. The summed E-state index contributed by atoms with van der Waals surface area (Å²) in [6.07, 6.45) is 2.39. The van der Waals surface area contributed by atoms with Crippen LogP contribution < -0.4 is 0 Å². The molecule has 64 valence electrons. The summed E-state index contributed by atoms with van der Waals surface area (Å²) in [4.78, 5) is 0. The molecule has 3 heteroatoms. The number of aliphatic hydroxyl groups is 1. The summed E-state index contributed by atoms with van der Waals surface area (Å²) in [5, 5.41) is 8.06. The Bertz CT molecular complexity index is 43.2. The van der Waals surface area contributed by atoms with Crippen LogP contribution in [0.1, 0.15) is 26.7 Å². The topological polar surface area (TPSA) is 29.5 Å². The van der Waals surface area contributed by atoms with Gasteiger partial charge in [-0.25, -0.2) is 0 Å². The van der Waals surface area contributed by atoms with Crippen LogP contribution in [0.15, 0.2) is 0 Å². The molecule has 0 spiro atoms. The minimum Gasteiger partial charge on any atom is -0.394 e. The molecule has 1 rings (SSSR count). The lowest BCUT2D eigenvalue weighted by atomic mass is 10.4. The van der Waals surface area contributed by atoms with Gasteiger partial charge in [0.05, 0.1) is 0 Å². The van der Waals surface area contributed by atoms with Crippen molar-refractivity contribution in [3.05, 3.63) is 0 Å². The van der Waals surface area contributed by atoms with E-state index in [1.165, 1.54) is 12.8 Å². The first-order chi connectivity index (χ1) is 4.23. The Balaban J connectivity index is 0. The molecule has 0 aromatic rings. The molecule has 0 aromatic heterocycles. The Kier molecular flexibility index (Phi) is 11.8. The second-order valence-electron chi connectivity index (χ2n) is 2.41. The van der Waals surface area contributed by atoms with Crippen molar-refractivity contribution in [2.45, 2.75) is 32.8 Å². The molecule has 1 heterocycles. The molecule has 0 saturated carbocycles. The van der Waals surface area contributed by atoms with Crippen molar-refractivity contribution in [2.24, 2.45) is 0 Å². The van der Waals surface area contributed by atoms with Gasteiger partial charge in [0.25, 0.3) is 0 Å². The number of ether oxygens (including phenoxy) is 1. The summed E-state index contributed by atoms with van der Waals surface area (Å²) in [5.74, 6) is 0. The molecule has 0 atom stereocenters. The van der Waals surface area contributed by atoms with Crippen LogP contribution in [0.25, 0.3) is 0 Å². The molecular formula is C7H17ClO2. The van der Waals surface area contributed by atoms with E-state index in [4.69, 9.17) is 9.84 Å². The maximum atomic E-state index is 8.06. The minimum atomic E-state index is -0.167. The van der Waals surface area contributed by atoms with Gasteiger partial charge in [-0.15, -0.1) is 12.4 Å². The highest BCUT2D eigenvalue weighted by molar-refractivity contribution is 5.85. The van der Waals surface area contributed by atoms with E-state index in [-0.39, 0.29) is 18.5 Å². The van der Waals surface area contributed by atoms with E-state index in [0.29, 0.717) is 0 Å². The van der Waals surface area contributed by atoms with E-state index < -0.39 is 0 Å². The standard InChI is InChI=1S/C4H8O.C3H8O.ClH/c1-2-4-5-3-1;1-3(2)4;/h1-4H2;3-4H,1-2H3;1H. The van der Waals surface area contributed by atoms with Crippen LogP contribution >= 0.6 is 12.4 Å². The molecule has 0 aromatic carbocycles. The van der Waals surface area contributed by atoms with Crippen molar-refractivity contribution in [3.63, 3.8) is 0 Å². The summed E-state index contributed by atoms with van der Waals surface area (Å²) in [7, 11) is 0. The van der Waals surface area contributed by atoms with Gasteiger partial charge < -0.3 is 9.84 Å². The van der Waals surface area contributed by atoms with Gasteiger partial charge in [-0.05, 0) is 26.7 Å². The van der Waals surface area contributed by atoms with Crippen molar-refractivity contribution in [3.8, 4) is 0 Å². The first kappa shape index (κ1) is 12.8. The Morgan fingerprint density at radius 2 is 1.50 bits per heavy atom. The molecule has 0 aliphatic carbocycles. The Labute approximate surface area is 69.0 Å². The molecule has 1 saturated heterocycles. The van der Waals surface area contributed by atoms with Gasteiger partial charge in [0.1, 0.15) is 0 Å². The van der Waals surface area contributed by atoms with Gasteiger partial charge in [0.2, 0.25) is 0 Å². The first-order valence-corrected chi connectivity index (χ1v) is 3.49. The molecule has 0 bridgehead atoms. The van der Waals surface area contributed by atoms with E-state index in [0.717, 1.165) is 13.2 Å². The molecule has 2 nitrogen and oxygen atoms in total. The fraction of sp³-hybridized carbons (Fsp3) is 1.00. The fourth-order valence-corrected chi connectivity index (χ4v) is 0.510. The van der Waals surface area contributed by atoms with Crippen LogP contribution in [0.5, 0.6) is 0 Å². The van der Waals surface area contributed by atoms with Crippen LogP contribution in [0.2, 0.25) is 0 Å². The third-order valence-electron chi connectivity index (χ3n) is 0.827. The SMILES string of the molecule is C1CCOC1.CC(C)O.Cl. The van der Waals surface area contributed by atoms with Crippen molar-refractivity contribution >= 4 is 12.4 Å². The minimum absolute atomic E-state index is 0. The van der Waals surface area contributed by atoms with E-state index in [9.17, 15) is 0 Å². The summed E-state index contributed by atoms with van der Waals surface area (Å²) >= 11 is 0. The lowest BCUT2D eigenvalue weighted by Gasteiger charge is -1.80. The average molecular weight is 169 g/mol. The lowest BCUT2D eigenvalue weighted by Crippen LogP contribution is -1.85. The highest BCUT2D eigenvalue weighted by atomic mass is 35.5. The predicted octanol–water partition coefficient (Wildman–Crippen LogP) is 1.61. The second kappa shape index (κ2) is 9.21. The first-order valence-electron chi connectivity index (χ1n) is 3.49. The normalized spacial score (nSPS) is 15.6. The monoisotopic (exact) mass is 168 g/mol. The highest BCUT2D eigenvalue weighted by Gasteiger charge is 1.94. The molecule has 0 radical (unpaired) electrons. The maximum Gasteiger partial charge on any atom is 0.0483 e. The van der Waals surface area contributed by atoms with Crippen LogP contribution in [0, 0.1) is 0 Å². The van der Waals surface area contributed by atoms with Gasteiger partial charge in [-0.2, -0.15) is 0 Å². The van der Waals surface area contributed by atoms with Gasteiger partial charge in [-0.3, -0.25) is 0 Å². The second-order valence-corrected chi connectivity index (χ2v) is 2.41. The van der Waals surface area contributed by atoms with Crippen molar-refractivity contribution in [1.29, 1.82) is 0 Å². The van der Waals surface area contributed by atoms with Crippen LogP contribution in [0.4, 0.5) is 0 Å². The molecule has 1 N–H and O–H groups in total. The van der Waals surface area contributed by atoms with Gasteiger partial charge in [0, 0.05) is 19.3 Å². The van der Waals surface area contributed by atoms with E-state index in [1.807, 2.05) is 0 Å². The van der Waals surface area contributed by atoms with E-state index in [2.05, 4.69) is 0 Å². The zero-order valence-corrected chi connectivity index (χ0v) is 7.49. The van der Waals surface area contributed by atoms with Crippen molar-refractivity contribution in [1.82, 2.24) is 0 Å². The Hall–Kier alpha value is 0.210. The fourth-order valence-electron chi connectivity index (χ4n) is 0.510. The number of aliphatic hydroxyl groups excluding tert-OH is 1. The number of hydrogen-bond donors (Lipinski definition) is 1. The summed E-state index contributed by atoms with van der Waals surface area (Å²) in [6, 6.07) is 0. The number of rotatable bonds is 0. The molecule has 0 unspecified atom stereocenters. The number of hydrogen-bond acceptors (Lipinski definition) is 2. The number of halogens is 1. The summed E-state index contributed by atoms with van der Waals surface area (Å²) in [6.45, 7) is 5.44. The zero-order chi connectivity index (χ0) is 7.11. The third-order valence-corrected chi connectivity index (χ3v) is 0.827. The summed E-state index contributed by atoms with van der Waals surface area (Å²) < 4.78 is 4.94. The molecule has 1 fully saturated rings. The van der Waals surface area contributed by atoms with Crippen LogP contribution in [-0.4, -0.2) is 24.4 Å². The average Bonchev–Trinajstić information content (AvgIpc) is 2.11. The largest absolute Gasteiger partial charge is 0.394 e. The molecular weight excluding hydrogens is 152 g/mol. The molecule has 1 aliphatic heterocycles. The lowest BCUT2D eigenvalue weighted by molar-refractivity contribution is 0.198. The molecule has 10 heavy (non-hydrogen) atoms. The summed E-state index contributed by atoms with van der Waals surface area (Å²) in [5.41, 5.74) is 0. The maximum absolute atomic E-state index is 8.06. The van der Waals surface area contributed by atoms with E-state index in [1.54, 1.807) is 13.8 Å². The van der Waals surface area contributed by atoms with Gasteiger partial charge >= 0.3 is 0 Å².